The van der Waals surface area contributed by atoms with E-state index in [4.69, 9.17) is 21.1 Å². The second kappa shape index (κ2) is 12.2. The lowest BCUT2D eigenvalue weighted by Gasteiger charge is -2.14. The maximum absolute atomic E-state index is 12.9. The molecule has 0 aliphatic carbocycles. The van der Waals surface area contributed by atoms with Gasteiger partial charge in [0.2, 0.25) is 0 Å². The molecular weight excluding hydrogens is 524 g/mol. The van der Waals surface area contributed by atoms with Crippen molar-refractivity contribution in [2.75, 3.05) is 18.5 Å². The van der Waals surface area contributed by atoms with Crippen LogP contribution < -0.4 is 14.8 Å². The Morgan fingerprint density at radius 2 is 1.82 bits per heavy atom. The molecule has 0 spiro atoms. The Kier molecular flexibility index (Phi) is 8.76. The van der Waals surface area contributed by atoms with Crippen LogP contribution in [0.3, 0.4) is 0 Å². The summed E-state index contributed by atoms with van der Waals surface area (Å²) in [6, 6.07) is 17.9. The fourth-order valence-electron chi connectivity index (χ4n) is 3.82. The summed E-state index contributed by atoms with van der Waals surface area (Å²) in [5.74, 6) is 0.160. The number of carbonyl (C=O) groups is 3. The zero-order chi connectivity index (χ0) is 27.2. The molecule has 0 bridgehead atoms. The number of amides is 3. The molecule has 0 radical (unpaired) electrons. The molecule has 38 heavy (non-hydrogen) atoms. The van der Waals surface area contributed by atoms with E-state index in [2.05, 4.69) is 5.32 Å². The van der Waals surface area contributed by atoms with Gasteiger partial charge in [-0.05, 0) is 91.2 Å². The number of thioether (sulfide) groups is 1. The molecular formula is C29H27ClN2O5S. The van der Waals surface area contributed by atoms with Gasteiger partial charge >= 0.3 is 0 Å². The number of rotatable bonds is 9. The zero-order valence-electron chi connectivity index (χ0n) is 21.2. The van der Waals surface area contributed by atoms with Gasteiger partial charge in [0.05, 0.1) is 18.1 Å². The Morgan fingerprint density at radius 3 is 2.58 bits per heavy atom. The average Bonchev–Trinajstić information content (AvgIpc) is 3.14. The first-order valence-electron chi connectivity index (χ1n) is 12.0. The Labute approximate surface area is 230 Å². The summed E-state index contributed by atoms with van der Waals surface area (Å²) >= 11 is 6.91. The highest BCUT2D eigenvalue weighted by molar-refractivity contribution is 8.18. The molecule has 0 unspecified atom stereocenters. The molecule has 1 saturated heterocycles. The highest BCUT2D eigenvalue weighted by Gasteiger charge is 2.35. The van der Waals surface area contributed by atoms with Crippen molar-refractivity contribution in [2.45, 2.75) is 27.3 Å². The van der Waals surface area contributed by atoms with Crippen LogP contribution >= 0.6 is 23.4 Å². The van der Waals surface area contributed by atoms with E-state index in [1.165, 1.54) is 4.90 Å². The molecule has 3 aromatic rings. The van der Waals surface area contributed by atoms with Crippen LogP contribution in [0, 0.1) is 13.8 Å². The predicted molar refractivity (Wildman–Crippen MR) is 151 cm³/mol. The van der Waals surface area contributed by atoms with E-state index < -0.39 is 0 Å². The number of nitrogens with one attached hydrogen (secondary N) is 1. The van der Waals surface area contributed by atoms with Gasteiger partial charge in [-0.3, -0.25) is 19.3 Å². The molecule has 0 aromatic heterocycles. The van der Waals surface area contributed by atoms with Crippen molar-refractivity contribution < 1.29 is 23.9 Å². The maximum atomic E-state index is 12.9. The Bertz CT molecular complexity index is 1420. The second-order valence-corrected chi connectivity index (χ2v) is 10.1. The van der Waals surface area contributed by atoms with E-state index in [1.807, 2.05) is 45.0 Å². The number of ether oxygens (including phenoxy) is 2. The van der Waals surface area contributed by atoms with Crippen LogP contribution in [0.2, 0.25) is 5.02 Å². The summed E-state index contributed by atoms with van der Waals surface area (Å²) in [7, 11) is 0. The van der Waals surface area contributed by atoms with Crippen LogP contribution in [-0.2, 0) is 16.1 Å². The minimum Gasteiger partial charge on any atom is -0.490 e. The van der Waals surface area contributed by atoms with Gasteiger partial charge in [-0.25, -0.2) is 0 Å². The van der Waals surface area contributed by atoms with Gasteiger partial charge in [0, 0.05) is 10.7 Å². The highest BCUT2D eigenvalue weighted by atomic mass is 35.5. The van der Waals surface area contributed by atoms with Crippen LogP contribution in [0.25, 0.3) is 6.08 Å². The fraction of sp³-hybridized carbons (Fsp3) is 0.207. The third-order valence-corrected chi connectivity index (χ3v) is 7.05. The molecule has 1 aliphatic heterocycles. The fourth-order valence-corrected chi connectivity index (χ4v) is 4.87. The lowest BCUT2D eigenvalue weighted by molar-refractivity contribution is -0.123. The number of benzene rings is 3. The number of imide groups is 1. The van der Waals surface area contributed by atoms with Gasteiger partial charge in [-0.1, -0.05) is 41.9 Å². The molecule has 196 valence electrons. The Balaban J connectivity index is 1.45. The third kappa shape index (κ3) is 6.57. The van der Waals surface area contributed by atoms with Gasteiger partial charge < -0.3 is 14.8 Å². The largest absolute Gasteiger partial charge is 0.490 e. The van der Waals surface area contributed by atoms with Gasteiger partial charge in [0.1, 0.15) is 0 Å². The van der Waals surface area contributed by atoms with Gasteiger partial charge in [-0.2, -0.15) is 0 Å². The third-order valence-electron chi connectivity index (χ3n) is 5.91. The van der Waals surface area contributed by atoms with Crippen molar-refractivity contribution >= 4 is 52.2 Å². The average molecular weight is 551 g/mol. The number of halogens is 1. The molecule has 1 fully saturated rings. The van der Waals surface area contributed by atoms with Crippen molar-refractivity contribution in [1.29, 1.82) is 0 Å². The number of nitrogens with zero attached hydrogens (tertiary/aromatic N) is 1. The molecule has 9 heteroatoms. The van der Waals surface area contributed by atoms with E-state index in [9.17, 15) is 14.4 Å². The van der Waals surface area contributed by atoms with Crippen LogP contribution in [0.4, 0.5) is 10.5 Å². The number of carbonyl (C=O) groups excluding carboxylic acids is 3. The quantitative estimate of drug-likeness (QED) is 0.302. The lowest BCUT2D eigenvalue weighted by atomic mass is 10.1. The van der Waals surface area contributed by atoms with Gasteiger partial charge in [0.25, 0.3) is 17.1 Å². The van der Waals surface area contributed by atoms with E-state index >= 15 is 0 Å². The van der Waals surface area contributed by atoms with Crippen molar-refractivity contribution in [3.8, 4) is 11.5 Å². The van der Waals surface area contributed by atoms with Crippen LogP contribution in [0.15, 0.2) is 65.6 Å². The van der Waals surface area contributed by atoms with E-state index in [1.54, 1.807) is 42.5 Å². The normalized spacial score (nSPS) is 14.2. The molecule has 1 aliphatic rings. The minimum absolute atomic E-state index is 0.143. The van der Waals surface area contributed by atoms with Crippen molar-refractivity contribution in [3.05, 3.63) is 92.8 Å². The summed E-state index contributed by atoms with van der Waals surface area (Å²) in [5, 5.41) is 3.06. The number of anilines is 1. The van der Waals surface area contributed by atoms with E-state index in [0.29, 0.717) is 33.6 Å². The van der Waals surface area contributed by atoms with Crippen molar-refractivity contribution in [1.82, 2.24) is 4.90 Å². The smallest absolute Gasteiger partial charge is 0.293 e. The van der Waals surface area contributed by atoms with Gasteiger partial charge in [0.15, 0.2) is 18.1 Å². The Hall–Kier alpha value is -3.75. The molecule has 1 N–H and O–H groups in total. The molecule has 7 nitrogen and oxygen atoms in total. The number of hydrogen-bond acceptors (Lipinski definition) is 6. The van der Waals surface area contributed by atoms with E-state index in [-0.39, 0.29) is 30.2 Å². The number of aryl methyl sites for hydroxylation is 1. The standard InChI is InChI=1S/C29H27ClN2O5S/c1-4-36-25-14-20(11-12-24(25)37-17-27(33)31-23-10-5-7-18(2)19(23)3)15-26-28(34)32(29(35)38-26)16-21-8-6-9-22(30)13-21/h5-15H,4,16-17H2,1-3H3,(H,31,33)/b26-15-. The molecule has 0 saturated carbocycles. The predicted octanol–water partition coefficient (Wildman–Crippen LogP) is 6.61. The molecule has 1 heterocycles. The van der Waals surface area contributed by atoms with Crippen LogP contribution in [-0.4, -0.2) is 35.2 Å². The summed E-state index contributed by atoms with van der Waals surface area (Å²) in [6.07, 6.45) is 1.64. The molecule has 3 aromatic carbocycles. The zero-order valence-corrected chi connectivity index (χ0v) is 22.8. The lowest BCUT2D eigenvalue weighted by Crippen LogP contribution is -2.27. The van der Waals surface area contributed by atoms with Crippen LogP contribution in [0.1, 0.15) is 29.2 Å². The number of hydrogen-bond donors (Lipinski definition) is 1. The monoisotopic (exact) mass is 550 g/mol. The van der Waals surface area contributed by atoms with Gasteiger partial charge in [-0.15, -0.1) is 0 Å². The van der Waals surface area contributed by atoms with Crippen LogP contribution in [0.5, 0.6) is 11.5 Å². The highest BCUT2D eigenvalue weighted by Crippen LogP contribution is 2.35. The second-order valence-electron chi connectivity index (χ2n) is 8.62. The summed E-state index contributed by atoms with van der Waals surface area (Å²) in [5.41, 5.74) is 4.25. The van der Waals surface area contributed by atoms with E-state index in [0.717, 1.165) is 34.1 Å². The van der Waals surface area contributed by atoms with Crippen molar-refractivity contribution in [2.24, 2.45) is 0 Å². The maximum Gasteiger partial charge on any atom is 0.293 e. The molecule has 0 atom stereocenters. The molecule has 4 rings (SSSR count). The first-order valence-corrected chi connectivity index (χ1v) is 13.2. The first-order chi connectivity index (χ1) is 18.2. The topological polar surface area (TPSA) is 84.9 Å². The summed E-state index contributed by atoms with van der Waals surface area (Å²) < 4.78 is 11.5. The SMILES string of the molecule is CCOc1cc(/C=C2\SC(=O)N(Cc3cccc(Cl)c3)C2=O)ccc1OCC(=O)Nc1cccc(C)c1C. The first kappa shape index (κ1) is 27.3. The summed E-state index contributed by atoms with van der Waals surface area (Å²) in [6.45, 7) is 6.09. The summed E-state index contributed by atoms with van der Waals surface area (Å²) in [4.78, 5) is 39.5. The Morgan fingerprint density at radius 1 is 1.03 bits per heavy atom. The molecule has 3 amide bonds. The van der Waals surface area contributed by atoms with Crippen molar-refractivity contribution in [3.63, 3.8) is 0 Å². The minimum atomic E-state index is -0.374.